The van der Waals surface area contributed by atoms with Crippen LogP contribution in [0.25, 0.3) is 0 Å². The smallest absolute Gasteiger partial charge is 0.238 e. The second-order valence-electron chi connectivity index (χ2n) is 5.19. The summed E-state index contributed by atoms with van der Waals surface area (Å²) in [6.45, 7) is 0.948. The number of hydrogen-bond donors (Lipinski definition) is 1. The van der Waals surface area contributed by atoms with Crippen molar-refractivity contribution in [1.29, 1.82) is 0 Å². The molecule has 0 aromatic heterocycles. The van der Waals surface area contributed by atoms with Gasteiger partial charge in [-0.15, -0.1) is 0 Å². The second kappa shape index (κ2) is 6.77. The molecule has 1 amide bonds. The minimum absolute atomic E-state index is 0.0494. The lowest BCUT2D eigenvalue weighted by Gasteiger charge is -2.35. The summed E-state index contributed by atoms with van der Waals surface area (Å²) < 4.78 is 24.5. The highest BCUT2D eigenvalue weighted by atomic mass is 35.5. The van der Waals surface area contributed by atoms with Gasteiger partial charge in [0.05, 0.1) is 4.90 Å². The van der Waals surface area contributed by atoms with Crippen molar-refractivity contribution in [3.05, 3.63) is 29.3 Å². The highest BCUT2D eigenvalue weighted by molar-refractivity contribution is 7.92. The molecule has 0 radical (unpaired) electrons. The van der Waals surface area contributed by atoms with Gasteiger partial charge < -0.3 is 10.6 Å². The van der Waals surface area contributed by atoms with Gasteiger partial charge in [-0.05, 0) is 43.5 Å². The fraction of sp³-hybridized carbons (Fsp3) is 0.500. The Bertz CT molecular complexity index is 601. The van der Waals surface area contributed by atoms with E-state index in [1.807, 2.05) is 0 Å². The molecule has 1 unspecified atom stereocenters. The first-order valence-electron chi connectivity index (χ1n) is 6.92. The Kier molecular flexibility index (Phi) is 5.24. The molecule has 1 aromatic rings. The molecule has 0 aliphatic carbocycles. The van der Waals surface area contributed by atoms with E-state index >= 15 is 0 Å². The third-order valence-electron chi connectivity index (χ3n) is 3.71. The number of nitrogens with zero attached hydrogens (tertiary/aromatic N) is 1. The number of carbonyl (C=O) groups excluding carboxylic acids is 1. The van der Waals surface area contributed by atoms with Crippen molar-refractivity contribution in [3.8, 4) is 0 Å². The van der Waals surface area contributed by atoms with Crippen LogP contribution >= 0.6 is 11.6 Å². The molecule has 1 heterocycles. The van der Waals surface area contributed by atoms with E-state index in [0.717, 1.165) is 19.3 Å². The maximum Gasteiger partial charge on any atom is 0.238 e. The zero-order chi connectivity index (χ0) is 15.5. The van der Waals surface area contributed by atoms with E-state index in [9.17, 15) is 13.2 Å². The van der Waals surface area contributed by atoms with Crippen LogP contribution in [-0.4, -0.2) is 44.1 Å². The van der Waals surface area contributed by atoms with Crippen LogP contribution in [0.1, 0.15) is 19.3 Å². The van der Waals surface area contributed by atoms with Gasteiger partial charge >= 0.3 is 0 Å². The number of likely N-dealkylation sites (tertiary alicyclic amines) is 1. The number of piperidine rings is 1. The molecule has 1 aliphatic heterocycles. The van der Waals surface area contributed by atoms with Crippen molar-refractivity contribution in [1.82, 2.24) is 4.90 Å². The zero-order valence-corrected chi connectivity index (χ0v) is 13.2. The van der Waals surface area contributed by atoms with Gasteiger partial charge in [0.1, 0.15) is 5.75 Å². The summed E-state index contributed by atoms with van der Waals surface area (Å²) >= 11 is 5.74. The Morgan fingerprint density at radius 1 is 1.29 bits per heavy atom. The quantitative estimate of drug-likeness (QED) is 0.906. The van der Waals surface area contributed by atoms with Crippen molar-refractivity contribution >= 4 is 27.3 Å². The van der Waals surface area contributed by atoms with Gasteiger partial charge in [0.2, 0.25) is 5.91 Å². The van der Waals surface area contributed by atoms with Gasteiger partial charge in [-0.2, -0.15) is 0 Å². The van der Waals surface area contributed by atoms with Crippen LogP contribution in [0.2, 0.25) is 5.02 Å². The van der Waals surface area contributed by atoms with Crippen LogP contribution < -0.4 is 5.73 Å². The molecule has 0 spiro atoms. The molecule has 1 aliphatic rings. The Labute approximate surface area is 130 Å². The molecular formula is C14H19ClN2O3S. The summed E-state index contributed by atoms with van der Waals surface area (Å²) in [6.07, 6.45) is 2.75. The van der Waals surface area contributed by atoms with E-state index in [0.29, 0.717) is 18.1 Å². The molecule has 116 valence electrons. The van der Waals surface area contributed by atoms with Crippen LogP contribution in [0, 0.1) is 0 Å². The lowest BCUT2D eigenvalue weighted by atomic mass is 10.0. The van der Waals surface area contributed by atoms with E-state index in [-0.39, 0.29) is 16.8 Å². The van der Waals surface area contributed by atoms with Gasteiger partial charge in [-0.1, -0.05) is 11.6 Å². The van der Waals surface area contributed by atoms with Crippen molar-refractivity contribution in [2.24, 2.45) is 5.73 Å². The Morgan fingerprint density at radius 2 is 1.95 bits per heavy atom. The third kappa shape index (κ3) is 3.96. The minimum Gasteiger partial charge on any atom is -0.338 e. The first-order valence-corrected chi connectivity index (χ1v) is 8.95. The SMILES string of the molecule is NCC1CCCCN1C(=O)CS(=O)(=O)c1ccc(Cl)cc1. The van der Waals surface area contributed by atoms with Crippen molar-refractivity contribution in [2.45, 2.75) is 30.2 Å². The number of nitrogens with two attached hydrogens (primary N) is 1. The van der Waals surface area contributed by atoms with Crippen molar-refractivity contribution < 1.29 is 13.2 Å². The summed E-state index contributed by atoms with van der Waals surface area (Å²) in [7, 11) is -3.65. The molecule has 1 atom stereocenters. The van der Waals surface area contributed by atoms with Crippen LogP contribution in [0.5, 0.6) is 0 Å². The largest absolute Gasteiger partial charge is 0.338 e. The topological polar surface area (TPSA) is 80.5 Å². The number of carbonyl (C=O) groups is 1. The molecule has 2 rings (SSSR count). The second-order valence-corrected chi connectivity index (χ2v) is 7.61. The summed E-state index contributed by atoms with van der Waals surface area (Å²) in [4.78, 5) is 14.0. The summed E-state index contributed by atoms with van der Waals surface area (Å²) in [5, 5.41) is 0.458. The van der Waals surface area contributed by atoms with Crippen LogP contribution in [0.15, 0.2) is 29.2 Å². The van der Waals surface area contributed by atoms with E-state index in [2.05, 4.69) is 0 Å². The van der Waals surface area contributed by atoms with Crippen LogP contribution in [-0.2, 0) is 14.6 Å². The molecule has 1 saturated heterocycles. The lowest BCUT2D eigenvalue weighted by Crippen LogP contribution is -2.49. The predicted molar refractivity (Wildman–Crippen MR) is 81.9 cm³/mol. The number of hydrogen-bond acceptors (Lipinski definition) is 4. The lowest BCUT2D eigenvalue weighted by molar-refractivity contribution is -0.131. The number of benzene rings is 1. The van der Waals surface area contributed by atoms with Gasteiger partial charge in [0.15, 0.2) is 9.84 Å². The van der Waals surface area contributed by atoms with Crippen LogP contribution in [0.3, 0.4) is 0 Å². The monoisotopic (exact) mass is 330 g/mol. The highest BCUT2D eigenvalue weighted by Gasteiger charge is 2.29. The molecule has 7 heteroatoms. The predicted octanol–water partition coefficient (Wildman–Crippen LogP) is 1.45. The Morgan fingerprint density at radius 3 is 2.57 bits per heavy atom. The molecular weight excluding hydrogens is 312 g/mol. The summed E-state index contributed by atoms with van der Waals surface area (Å²) in [5.41, 5.74) is 5.66. The molecule has 5 nitrogen and oxygen atoms in total. The van der Waals surface area contributed by atoms with Crippen molar-refractivity contribution in [2.75, 3.05) is 18.8 Å². The molecule has 1 fully saturated rings. The maximum absolute atomic E-state index is 12.3. The number of amides is 1. The number of sulfone groups is 1. The molecule has 21 heavy (non-hydrogen) atoms. The fourth-order valence-electron chi connectivity index (χ4n) is 2.54. The van der Waals surface area contributed by atoms with Gasteiger partial charge in [-0.25, -0.2) is 8.42 Å². The van der Waals surface area contributed by atoms with E-state index < -0.39 is 15.6 Å². The normalized spacial score (nSPS) is 19.5. The zero-order valence-electron chi connectivity index (χ0n) is 11.7. The molecule has 2 N–H and O–H groups in total. The molecule has 0 bridgehead atoms. The number of rotatable bonds is 4. The molecule has 1 aromatic carbocycles. The number of halogens is 1. The van der Waals surface area contributed by atoms with E-state index in [1.54, 1.807) is 4.90 Å². The first-order chi connectivity index (χ1) is 9.94. The van der Waals surface area contributed by atoms with Crippen molar-refractivity contribution in [3.63, 3.8) is 0 Å². The summed E-state index contributed by atoms with van der Waals surface area (Å²) in [6, 6.07) is 5.79. The third-order valence-corrected chi connectivity index (χ3v) is 5.58. The molecule has 0 saturated carbocycles. The van der Waals surface area contributed by atoms with Crippen LogP contribution in [0.4, 0.5) is 0 Å². The maximum atomic E-state index is 12.3. The Hall–Kier alpha value is -1.11. The standard InChI is InChI=1S/C14H19ClN2O3S/c15-11-4-6-13(7-5-11)21(19,20)10-14(18)17-8-2-1-3-12(17)9-16/h4-7,12H,1-3,8-10,16H2. The van der Waals surface area contributed by atoms with Gasteiger partial charge in [-0.3, -0.25) is 4.79 Å². The fourth-order valence-corrected chi connectivity index (χ4v) is 3.88. The average molecular weight is 331 g/mol. The highest BCUT2D eigenvalue weighted by Crippen LogP contribution is 2.19. The Balaban J connectivity index is 2.12. The van der Waals surface area contributed by atoms with Gasteiger partial charge in [0.25, 0.3) is 0 Å². The first kappa shape index (κ1) is 16.3. The average Bonchev–Trinajstić information content (AvgIpc) is 2.47. The van der Waals surface area contributed by atoms with E-state index in [1.165, 1.54) is 24.3 Å². The summed E-state index contributed by atoms with van der Waals surface area (Å²) in [5.74, 6) is -0.898. The van der Waals surface area contributed by atoms with Gasteiger partial charge in [0, 0.05) is 24.2 Å². The minimum atomic E-state index is -3.65. The van der Waals surface area contributed by atoms with E-state index in [4.69, 9.17) is 17.3 Å².